The Bertz CT molecular complexity index is 651. The van der Waals surface area contributed by atoms with Crippen LogP contribution in [0.5, 0.6) is 0 Å². The number of rotatable bonds is 5. The molecule has 6 heteroatoms. The fourth-order valence-electron chi connectivity index (χ4n) is 2.61. The van der Waals surface area contributed by atoms with Gasteiger partial charge in [-0.15, -0.1) is 0 Å². The Morgan fingerprint density at radius 1 is 1.29 bits per heavy atom. The Labute approximate surface area is 130 Å². The Morgan fingerprint density at radius 3 is 2.48 bits per heavy atom. The van der Waals surface area contributed by atoms with Crippen molar-refractivity contribution in [2.45, 2.75) is 44.4 Å². The molecule has 1 aliphatic carbocycles. The van der Waals surface area contributed by atoms with Gasteiger partial charge in [0.15, 0.2) is 0 Å². The molecule has 0 spiro atoms. The number of benzene rings is 1. The first-order chi connectivity index (χ1) is 9.79. The summed E-state index contributed by atoms with van der Waals surface area (Å²) in [4.78, 5) is 12.2. The number of nitrogens with one attached hydrogen (secondary N) is 1. The lowest BCUT2D eigenvalue weighted by Gasteiger charge is -2.25. The third kappa shape index (κ3) is 3.98. The molecule has 0 atom stereocenters. The molecule has 0 heterocycles. The molecule has 1 aromatic carbocycles. The predicted molar refractivity (Wildman–Crippen MR) is 83.2 cm³/mol. The number of hydrogen-bond acceptors (Lipinski definition) is 3. The van der Waals surface area contributed by atoms with Crippen molar-refractivity contribution in [3.8, 4) is 0 Å². The molecular formula is C15H20ClNO3S. The molecule has 4 nitrogen and oxygen atoms in total. The highest BCUT2D eigenvalue weighted by molar-refractivity contribution is 8.13. The average molecular weight is 330 g/mol. The lowest BCUT2D eigenvalue weighted by Crippen LogP contribution is -2.28. The summed E-state index contributed by atoms with van der Waals surface area (Å²) in [5.41, 5.74) is 1.67. The third-order valence-corrected chi connectivity index (χ3v) is 5.56. The molecule has 1 aromatic rings. The number of amides is 1. The molecule has 0 aromatic heterocycles. The lowest BCUT2D eigenvalue weighted by atomic mass is 9.83. The lowest BCUT2D eigenvalue weighted by molar-refractivity contribution is 0.0948. The summed E-state index contributed by atoms with van der Waals surface area (Å²) >= 11 is 0. The van der Waals surface area contributed by atoms with Crippen LogP contribution in [0.2, 0.25) is 0 Å². The van der Waals surface area contributed by atoms with Crippen LogP contribution in [0, 0.1) is 19.8 Å². The number of halogens is 1. The van der Waals surface area contributed by atoms with Crippen molar-refractivity contribution in [1.82, 2.24) is 5.32 Å². The van der Waals surface area contributed by atoms with Gasteiger partial charge in [-0.1, -0.05) is 25.3 Å². The first-order valence-corrected chi connectivity index (χ1v) is 9.44. The van der Waals surface area contributed by atoms with Crippen molar-refractivity contribution in [3.63, 3.8) is 0 Å². The molecule has 0 radical (unpaired) electrons. The van der Waals surface area contributed by atoms with E-state index in [-0.39, 0.29) is 10.8 Å². The Morgan fingerprint density at radius 2 is 1.95 bits per heavy atom. The van der Waals surface area contributed by atoms with E-state index in [9.17, 15) is 13.2 Å². The van der Waals surface area contributed by atoms with Gasteiger partial charge in [0.2, 0.25) is 0 Å². The van der Waals surface area contributed by atoms with Crippen LogP contribution in [-0.4, -0.2) is 20.9 Å². The van der Waals surface area contributed by atoms with Crippen molar-refractivity contribution in [2.75, 3.05) is 6.54 Å². The molecule has 0 aliphatic heterocycles. The zero-order valence-corrected chi connectivity index (χ0v) is 13.9. The molecule has 1 N–H and O–H groups in total. The monoisotopic (exact) mass is 329 g/mol. The van der Waals surface area contributed by atoms with Crippen LogP contribution in [0.15, 0.2) is 17.0 Å². The highest BCUT2D eigenvalue weighted by atomic mass is 35.7. The Kier molecular flexibility index (Phi) is 4.94. The summed E-state index contributed by atoms with van der Waals surface area (Å²) in [5.74, 6) is 0.483. The van der Waals surface area contributed by atoms with Crippen molar-refractivity contribution >= 4 is 25.6 Å². The zero-order valence-electron chi connectivity index (χ0n) is 12.3. The highest BCUT2D eigenvalue weighted by Crippen LogP contribution is 2.29. The Hall–Kier alpha value is -1.07. The van der Waals surface area contributed by atoms with E-state index in [1.54, 1.807) is 19.9 Å². The topological polar surface area (TPSA) is 63.2 Å². The van der Waals surface area contributed by atoms with E-state index >= 15 is 0 Å². The number of carbonyl (C=O) groups excluding carboxylic acids is 1. The minimum absolute atomic E-state index is 0.00101. The van der Waals surface area contributed by atoms with Crippen molar-refractivity contribution in [2.24, 2.45) is 5.92 Å². The second-order valence-electron chi connectivity index (χ2n) is 5.71. The van der Waals surface area contributed by atoms with Gasteiger partial charge in [-0.2, -0.15) is 0 Å². The van der Waals surface area contributed by atoms with E-state index in [0.717, 1.165) is 17.9 Å². The van der Waals surface area contributed by atoms with Crippen LogP contribution in [-0.2, 0) is 9.05 Å². The number of carbonyl (C=O) groups is 1. The molecule has 0 bridgehead atoms. The fraction of sp³-hybridized carbons (Fsp3) is 0.533. The summed E-state index contributed by atoms with van der Waals surface area (Å²) in [6.07, 6.45) is 4.76. The molecule has 116 valence electrons. The van der Waals surface area contributed by atoms with Gasteiger partial charge in [0.25, 0.3) is 15.0 Å². The van der Waals surface area contributed by atoms with Crippen LogP contribution in [0.4, 0.5) is 0 Å². The van der Waals surface area contributed by atoms with E-state index in [2.05, 4.69) is 5.32 Å². The van der Waals surface area contributed by atoms with Gasteiger partial charge < -0.3 is 5.32 Å². The molecule has 1 fully saturated rings. The van der Waals surface area contributed by atoms with Crippen molar-refractivity contribution in [1.29, 1.82) is 0 Å². The van der Waals surface area contributed by atoms with E-state index in [1.807, 2.05) is 0 Å². The first-order valence-electron chi connectivity index (χ1n) is 7.13. The van der Waals surface area contributed by atoms with Gasteiger partial charge in [0.1, 0.15) is 0 Å². The maximum atomic E-state index is 12.2. The number of hydrogen-bond donors (Lipinski definition) is 1. The molecule has 2 rings (SSSR count). The van der Waals surface area contributed by atoms with Gasteiger partial charge >= 0.3 is 0 Å². The summed E-state index contributed by atoms with van der Waals surface area (Å²) in [6, 6.07) is 3.04. The van der Waals surface area contributed by atoms with E-state index in [0.29, 0.717) is 17.7 Å². The Balaban J connectivity index is 2.12. The van der Waals surface area contributed by atoms with Crippen LogP contribution in [0.1, 0.15) is 47.2 Å². The normalized spacial score (nSPS) is 15.6. The van der Waals surface area contributed by atoms with E-state index in [4.69, 9.17) is 10.7 Å². The van der Waals surface area contributed by atoms with E-state index in [1.165, 1.54) is 25.3 Å². The molecule has 0 unspecified atom stereocenters. The highest BCUT2D eigenvalue weighted by Gasteiger charge is 2.20. The minimum Gasteiger partial charge on any atom is -0.352 e. The van der Waals surface area contributed by atoms with Gasteiger partial charge in [-0.05, 0) is 43.4 Å². The van der Waals surface area contributed by atoms with E-state index < -0.39 is 9.05 Å². The van der Waals surface area contributed by atoms with Crippen LogP contribution in [0.3, 0.4) is 0 Å². The molecule has 1 amide bonds. The van der Waals surface area contributed by atoms with Gasteiger partial charge in [0.05, 0.1) is 4.90 Å². The largest absolute Gasteiger partial charge is 0.352 e. The summed E-state index contributed by atoms with van der Waals surface area (Å²) < 4.78 is 23.0. The summed E-state index contributed by atoms with van der Waals surface area (Å²) in [6.45, 7) is 4.08. The maximum absolute atomic E-state index is 12.2. The quantitative estimate of drug-likeness (QED) is 0.844. The van der Waals surface area contributed by atoms with Crippen LogP contribution < -0.4 is 5.32 Å². The molecular weight excluding hydrogens is 310 g/mol. The molecule has 1 saturated carbocycles. The third-order valence-electron chi connectivity index (χ3n) is 4.09. The average Bonchev–Trinajstić information content (AvgIpc) is 2.30. The zero-order chi connectivity index (χ0) is 15.6. The smallest absolute Gasteiger partial charge is 0.261 e. The van der Waals surface area contributed by atoms with Crippen molar-refractivity contribution in [3.05, 3.63) is 28.8 Å². The van der Waals surface area contributed by atoms with Crippen molar-refractivity contribution < 1.29 is 13.2 Å². The predicted octanol–water partition coefficient (Wildman–Crippen LogP) is 3.15. The first kappa shape index (κ1) is 16.3. The minimum atomic E-state index is -3.84. The van der Waals surface area contributed by atoms with Crippen LogP contribution >= 0.6 is 10.7 Å². The fourth-order valence-corrected chi connectivity index (χ4v) is 3.81. The second kappa shape index (κ2) is 6.36. The second-order valence-corrected chi connectivity index (χ2v) is 8.25. The summed E-state index contributed by atoms with van der Waals surface area (Å²) in [5, 5.41) is 2.86. The van der Waals surface area contributed by atoms with Gasteiger partial charge in [0, 0.05) is 22.8 Å². The van der Waals surface area contributed by atoms with Crippen LogP contribution in [0.25, 0.3) is 0 Å². The molecule has 0 saturated heterocycles. The summed E-state index contributed by atoms with van der Waals surface area (Å²) in [7, 11) is 1.56. The molecule has 1 aliphatic rings. The number of aryl methyl sites for hydroxylation is 2. The van der Waals surface area contributed by atoms with Gasteiger partial charge in [-0.3, -0.25) is 4.79 Å². The maximum Gasteiger partial charge on any atom is 0.261 e. The standard InChI is InChI=1S/C15H20ClNO3S/c1-10-8-11(2)14(21(16,19)20)9-13(10)15(18)17-7-6-12-4-3-5-12/h8-9,12H,3-7H2,1-2H3,(H,17,18). The SMILES string of the molecule is Cc1cc(C)c(S(=O)(=O)Cl)cc1C(=O)NCCC1CCC1. The molecule has 21 heavy (non-hydrogen) atoms. The van der Waals surface area contributed by atoms with Gasteiger partial charge in [-0.25, -0.2) is 8.42 Å².